The van der Waals surface area contributed by atoms with Gasteiger partial charge in [-0.05, 0) is 6.92 Å². The Balaban J connectivity index is 1.27. The van der Waals surface area contributed by atoms with Crippen molar-refractivity contribution < 1.29 is 9.53 Å². The first-order valence-electron chi connectivity index (χ1n) is 11.5. The van der Waals surface area contributed by atoms with Crippen molar-refractivity contribution in [3.8, 4) is 0 Å². The van der Waals surface area contributed by atoms with Crippen molar-refractivity contribution in [3.63, 3.8) is 0 Å². The van der Waals surface area contributed by atoms with Gasteiger partial charge in [0.15, 0.2) is 0 Å². The van der Waals surface area contributed by atoms with Crippen molar-refractivity contribution in [2.75, 3.05) is 24.6 Å². The first-order valence-corrected chi connectivity index (χ1v) is 15.2. The summed E-state index contributed by atoms with van der Waals surface area (Å²) < 4.78 is 7.55. The Morgan fingerprint density at radius 3 is 2.75 bits per heavy atom. The molecule has 2 fully saturated rings. The van der Waals surface area contributed by atoms with Crippen LogP contribution >= 0.6 is 11.3 Å². The number of anilines is 1. The average Bonchev–Trinajstić information content (AvgIpc) is 3.51. The molecule has 3 aromatic rings. The van der Waals surface area contributed by atoms with E-state index in [0.717, 1.165) is 46.4 Å². The Morgan fingerprint density at radius 1 is 1.16 bits per heavy atom. The Labute approximate surface area is 202 Å². The van der Waals surface area contributed by atoms with Gasteiger partial charge in [-0.1, -0.05) is 0 Å². The molecule has 0 amide bonds. The zero-order valence-electron chi connectivity index (χ0n) is 18.3. The molecule has 2 radical (unpaired) electrons. The van der Waals surface area contributed by atoms with Gasteiger partial charge in [0.05, 0.1) is 0 Å². The summed E-state index contributed by atoms with van der Waals surface area (Å²) in [5, 5.41) is 10.2. The maximum atomic E-state index is 12.0. The molecule has 1 aliphatic carbocycles. The van der Waals surface area contributed by atoms with E-state index in [4.69, 9.17) is 9.72 Å². The molecule has 5 rings (SSSR count). The van der Waals surface area contributed by atoms with E-state index in [1.54, 1.807) is 0 Å². The summed E-state index contributed by atoms with van der Waals surface area (Å²) in [7, 11) is 0. The molecule has 7 nitrogen and oxygen atoms in total. The second-order valence-electron chi connectivity index (χ2n) is 8.49. The number of fused-ring (bicyclic) bond motifs is 1. The molecule has 0 N–H and O–H groups in total. The Kier molecular flexibility index (Phi) is 6.87. The number of esters is 1. The van der Waals surface area contributed by atoms with Gasteiger partial charge in [0, 0.05) is 0 Å². The molecule has 4 heterocycles. The van der Waals surface area contributed by atoms with Crippen molar-refractivity contribution in [1.29, 1.82) is 0 Å². The van der Waals surface area contributed by atoms with E-state index >= 15 is 0 Å². The molecule has 0 aromatic carbocycles. The van der Waals surface area contributed by atoms with E-state index in [9.17, 15) is 4.79 Å². The van der Waals surface area contributed by atoms with Gasteiger partial charge in [0.25, 0.3) is 0 Å². The van der Waals surface area contributed by atoms with Crippen LogP contribution in [0.1, 0.15) is 56.4 Å². The van der Waals surface area contributed by atoms with Crippen LogP contribution < -0.4 is 11.6 Å². The number of nitrogens with zero attached hydrogens (tertiary/aromatic N) is 5. The third-order valence-corrected chi connectivity index (χ3v) is 11.3. The first kappa shape index (κ1) is 22.0. The summed E-state index contributed by atoms with van der Waals surface area (Å²) in [4.78, 5) is 23.9. The number of hydrogen-bond donors (Lipinski definition) is 0. The summed E-state index contributed by atoms with van der Waals surface area (Å²) in [5.41, 5.74) is 2.94. The average molecular weight is 556 g/mol. The number of carbonyl (C=O) groups is 1. The van der Waals surface area contributed by atoms with Gasteiger partial charge >= 0.3 is 196 Å². The van der Waals surface area contributed by atoms with Crippen LogP contribution in [0.15, 0.2) is 24.4 Å². The molecular formula is C23H27N5O2SSn. The number of hydrogen-bond acceptors (Lipinski definition) is 8. The monoisotopic (exact) mass is 557 g/mol. The van der Waals surface area contributed by atoms with Crippen LogP contribution in [0.5, 0.6) is 0 Å². The molecule has 0 atom stereocenters. The van der Waals surface area contributed by atoms with Gasteiger partial charge < -0.3 is 0 Å². The van der Waals surface area contributed by atoms with Crippen LogP contribution in [0.2, 0.25) is 0 Å². The Bertz CT molecular complexity index is 1090. The second-order valence-corrected chi connectivity index (χ2v) is 14.1. The molecule has 9 heteroatoms. The molecule has 32 heavy (non-hydrogen) atoms. The van der Waals surface area contributed by atoms with Crippen molar-refractivity contribution >= 4 is 61.9 Å². The quantitative estimate of drug-likeness (QED) is 0.341. The molecule has 0 bridgehead atoms. The summed E-state index contributed by atoms with van der Waals surface area (Å²) in [6.45, 7) is 3.98. The van der Waals surface area contributed by atoms with Crippen LogP contribution in [0.25, 0.3) is 11.0 Å². The van der Waals surface area contributed by atoms with Crippen LogP contribution in [0, 0.1) is 5.92 Å². The van der Waals surface area contributed by atoms with Crippen LogP contribution in [0.4, 0.5) is 5.69 Å². The molecular weight excluding hydrogens is 529 g/mol. The Hall–Kier alpha value is -1.81. The zero-order chi connectivity index (χ0) is 21.9. The molecule has 2 aliphatic rings. The van der Waals surface area contributed by atoms with Crippen molar-refractivity contribution in [3.05, 3.63) is 29.4 Å². The zero-order valence-corrected chi connectivity index (χ0v) is 22.0. The standard InChI is InChI=1S/C16H18N3O2.C7H9N2S.Sn/c1-2-21-16(20)12-5-8-19(9-6-12)13-10-15-14(18-11-13)4-3-7-17-15;1-2-4-6(3-1)7-9-8-5-10-7;/h3-4,10-12H,2,5-6,8-9H2,1H3;6H,1-4H2;. The molecule has 1 saturated carbocycles. The molecule has 0 spiro atoms. The third-order valence-electron chi connectivity index (χ3n) is 6.38. The fourth-order valence-electron chi connectivity index (χ4n) is 4.60. The summed E-state index contributed by atoms with van der Waals surface area (Å²) in [6, 6.07) is 6.33. The van der Waals surface area contributed by atoms with Gasteiger partial charge in [0.2, 0.25) is 0 Å². The van der Waals surface area contributed by atoms with E-state index in [-0.39, 0.29) is 11.9 Å². The number of pyridine rings is 2. The predicted octanol–water partition coefficient (Wildman–Crippen LogP) is 2.57. The SMILES string of the molecule is CCOC(=O)C1CCN(c2cnc3cc[c]([Sn][c]4nnc(C5CCCC5)s4)nc3c2)CC1. The Morgan fingerprint density at radius 2 is 1.97 bits per heavy atom. The van der Waals surface area contributed by atoms with E-state index in [0.29, 0.717) is 12.5 Å². The summed E-state index contributed by atoms with van der Waals surface area (Å²) in [5.74, 6) is 0.580. The molecule has 1 saturated heterocycles. The van der Waals surface area contributed by atoms with Gasteiger partial charge in [-0.25, -0.2) is 0 Å². The van der Waals surface area contributed by atoms with E-state index in [1.807, 2.05) is 24.5 Å². The van der Waals surface area contributed by atoms with Gasteiger partial charge in [0.1, 0.15) is 0 Å². The number of aromatic nitrogens is 4. The van der Waals surface area contributed by atoms with Crippen molar-refractivity contribution in [2.45, 2.75) is 51.4 Å². The number of ether oxygens (including phenoxy) is 1. The third kappa shape index (κ3) is 4.90. The number of piperidine rings is 1. The fraction of sp³-hybridized carbons (Fsp3) is 0.522. The minimum absolute atomic E-state index is 0.0118. The second kappa shape index (κ2) is 9.99. The van der Waals surface area contributed by atoms with Gasteiger partial charge in [-0.15, -0.1) is 0 Å². The molecule has 1 aliphatic heterocycles. The van der Waals surface area contributed by atoms with Crippen LogP contribution in [-0.2, 0) is 9.53 Å². The topological polar surface area (TPSA) is 81.1 Å². The molecule has 166 valence electrons. The van der Waals surface area contributed by atoms with Gasteiger partial charge in [-0.3, -0.25) is 0 Å². The summed E-state index contributed by atoms with van der Waals surface area (Å²) in [6.07, 6.45) is 8.73. The van der Waals surface area contributed by atoms with Crippen molar-refractivity contribution in [1.82, 2.24) is 20.2 Å². The van der Waals surface area contributed by atoms with Crippen LogP contribution in [0.3, 0.4) is 0 Å². The minimum atomic E-state index is -1.07. The molecule has 3 aromatic heterocycles. The fourth-order valence-corrected chi connectivity index (χ4v) is 9.34. The van der Waals surface area contributed by atoms with Crippen molar-refractivity contribution in [2.24, 2.45) is 5.92 Å². The van der Waals surface area contributed by atoms with Gasteiger partial charge in [-0.2, -0.15) is 0 Å². The van der Waals surface area contributed by atoms with E-state index < -0.39 is 21.1 Å². The predicted molar refractivity (Wildman–Crippen MR) is 127 cm³/mol. The van der Waals surface area contributed by atoms with E-state index in [1.165, 1.54) is 33.7 Å². The number of rotatable bonds is 6. The summed E-state index contributed by atoms with van der Waals surface area (Å²) >= 11 is 0.745. The number of carbonyl (C=O) groups excluding carboxylic acids is 1. The normalized spacial score (nSPS) is 17.8. The molecule has 0 unspecified atom stereocenters. The van der Waals surface area contributed by atoms with E-state index in [2.05, 4.69) is 38.3 Å². The van der Waals surface area contributed by atoms with Crippen LogP contribution in [-0.4, -0.2) is 67.0 Å². The maximum absolute atomic E-state index is 12.0. The first-order chi connectivity index (χ1) is 15.7.